The Balaban J connectivity index is 1.79. The smallest absolute Gasteiger partial charge is 0.453 e. The quantitative estimate of drug-likeness (QED) is 0.587. The number of carbonyl (C=O) groups is 1. The molecule has 0 saturated heterocycles. The summed E-state index contributed by atoms with van der Waals surface area (Å²) in [4.78, 5) is 20.1. The Kier molecular flexibility index (Phi) is 6.42. The van der Waals surface area contributed by atoms with Crippen molar-refractivity contribution in [3.63, 3.8) is 0 Å². The highest BCUT2D eigenvalue weighted by atomic mass is 19.4. The number of fused-ring (bicyclic) bond motifs is 1. The Morgan fingerprint density at radius 3 is 2.22 bits per heavy atom. The minimum atomic E-state index is -4.69. The molecule has 32 heavy (non-hydrogen) atoms. The molecular formula is C20H22F3N5O4. The van der Waals surface area contributed by atoms with Crippen molar-refractivity contribution in [2.24, 2.45) is 0 Å². The highest BCUT2D eigenvalue weighted by molar-refractivity contribution is 5.79. The predicted octanol–water partition coefficient (Wildman–Crippen LogP) is 2.64. The zero-order valence-electron chi connectivity index (χ0n) is 18.1. The van der Waals surface area contributed by atoms with Gasteiger partial charge in [-0.15, -0.1) is 5.10 Å². The third kappa shape index (κ3) is 4.53. The second-order valence-corrected chi connectivity index (χ2v) is 6.89. The van der Waals surface area contributed by atoms with Crippen LogP contribution < -0.4 is 19.5 Å². The molecule has 0 bridgehead atoms. The summed E-state index contributed by atoms with van der Waals surface area (Å²) >= 11 is 0. The molecular weight excluding hydrogens is 431 g/mol. The molecule has 172 valence electrons. The fraction of sp³-hybridized carbons (Fsp3) is 0.400. The van der Waals surface area contributed by atoms with E-state index in [9.17, 15) is 18.0 Å². The Labute approximate surface area is 181 Å². The minimum Gasteiger partial charge on any atom is -0.493 e. The number of amides is 1. The number of nitrogens with zero attached hydrogens (tertiary/aromatic N) is 4. The Morgan fingerprint density at radius 1 is 1.06 bits per heavy atom. The molecule has 0 spiro atoms. The number of nitrogens with one attached hydrogen (secondary N) is 1. The number of methoxy groups -OCH3 is 3. The van der Waals surface area contributed by atoms with Crippen LogP contribution in [0.2, 0.25) is 0 Å². The van der Waals surface area contributed by atoms with Crippen molar-refractivity contribution >= 4 is 11.7 Å². The van der Waals surface area contributed by atoms with Gasteiger partial charge in [-0.2, -0.15) is 18.2 Å². The van der Waals surface area contributed by atoms with Gasteiger partial charge in [0.1, 0.15) is 0 Å². The number of rotatable bonds is 7. The summed E-state index contributed by atoms with van der Waals surface area (Å²) in [5.74, 6) is -0.470. The predicted molar refractivity (Wildman–Crippen MR) is 107 cm³/mol. The van der Waals surface area contributed by atoms with Crippen molar-refractivity contribution in [1.82, 2.24) is 24.9 Å². The zero-order chi connectivity index (χ0) is 23.6. The van der Waals surface area contributed by atoms with Crippen LogP contribution in [0.1, 0.15) is 28.3 Å². The first-order valence-corrected chi connectivity index (χ1v) is 9.44. The Morgan fingerprint density at radius 2 is 1.69 bits per heavy atom. The lowest BCUT2D eigenvalue weighted by atomic mass is 10.1. The van der Waals surface area contributed by atoms with Gasteiger partial charge in [0, 0.05) is 23.5 Å². The SMILES string of the molecule is COc1cc(CNC(=O)Cc2c(C)nc3nc(C(F)(F)F)nn3c2C)cc(OC)c1OC. The number of carbonyl (C=O) groups excluding carboxylic acids is 1. The fourth-order valence-corrected chi connectivity index (χ4v) is 3.25. The van der Waals surface area contributed by atoms with Crippen LogP contribution in [0.4, 0.5) is 13.2 Å². The van der Waals surface area contributed by atoms with Crippen molar-refractivity contribution in [2.75, 3.05) is 21.3 Å². The fourth-order valence-electron chi connectivity index (χ4n) is 3.25. The third-order valence-corrected chi connectivity index (χ3v) is 4.85. The van der Waals surface area contributed by atoms with Gasteiger partial charge < -0.3 is 19.5 Å². The molecule has 1 aromatic carbocycles. The largest absolute Gasteiger partial charge is 0.493 e. The summed E-state index contributed by atoms with van der Waals surface area (Å²) in [5, 5.41) is 6.26. The van der Waals surface area contributed by atoms with Gasteiger partial charge in [-0.1, -0.05) is 0 Å². The van der Waals surface area contributed by atoms with E-state index in [0.29, 0.717) is 39.8 Å². The van der Waals surface area contributed by atoms with Crippen LogP contribution in [-0.2, 0) is 23.9 Å². The number of hydrogen-bond donors (Lipinski definition) is 1. The van der Waals surface area contributed by atoms with Gasteiger partial charge in [0.15, 0.2) is 11.5 Å². The van der Waals surface area contributed by atoms with Gasteiger partial charge in [0.05, 0.1) is 27.8 Å². The third-order valence-electron chi connectivity index (χ3n) is 4.85. The van der Waals surface area contributed by atoms with Crippen LogP contribution in [0.25, 0.3) is 5.78 Å². The molecule has 0 unspecified atom stereocenters. The maximum atomic E-state index is 12.9. The molecule has 0 saturated carbocycles. The summed E-state index contributed by atoms with van der Waals surface area (Å²) in [6.45, 7) is 3.35. The van der Waals surface area contributed by atoms with Crippen molar-refractivity contribution < 1.29 is 32.2 Å². The summed E-state index contributed by atoms with van der Waals surface area (Å²) in [6, 6.07) is 3.42. The van der Waals surface area contributed by atoms with E-state index in [-0.39, 0.29) is 24.7 Å². The lowest BCUT2D eigenvalue weighted by Crippen LogP contribution is -2.26. The van der Waals surface area contributed by atoms with Crippen LogP contribution in [-0.4, -0.2) is 46.8 Å². The highest BCUT2D eigenvalue weighted by Gasteiger charge is 2.37. The van der Waals surface area contributed by atoms with E-state index in [2.05, 4.69) is 20.4 Å². The molecule has 2 aromatic heterocycles. The van der Waals surface area contributed by atoms with E-state index in [4.69, 9.17) is 14.2 Å². The van der Waals surface area contributed by atoms with E-state index in [0.717, 1.165) is 4.52 Å². The maximum Gasteiger partial charge on any atom is 0.453 e. The van der Waals surface area contributed by atoms with Crippen molar-refractivity contribution in [1.29, 1.82) is 0 Å². The number of aromatic nitrogens is 4. The summed E-state index contributed by atoms with van der Waals surface area (Å²) in [7, 11) is 4.47. The average molecular weight is 453 g/mol. The molecule has 9 nitrogen and oxygen atoms in total. The first kappa shape index (κ1) is 23.1. The van der Waals surface area contributed by atoms with Crippen LogP contribution >= 0.6 is 0 Å². The number of halogens is 3. The van der Waals surface area contributed by atoms with Gasteiger partial charge in [0.25, 0.3) is 11.6 Å². The molecule has 0 fully saturated rings. The van der Waals surface area contributed by atoms with Crippen molar-refractivity contribution in [3.8, 4) is 17.2 Å². The highest BCUT2D eigenvalue weighted by Crippen LogP contribution is 2.38. The molecule has 12 heteroatoms. The zero-order valence-corrected chi connectivity index (χ0v) is 18.1. The molecule has 3 rings (SSSR count). The molecule has 1 N–H and O–H groups in total. The normalized spacial score (nSPS) is 11.5. The van der Waals surface area contributed by atoms with Crippen LogP contribution in [0.5, 0.6) is 17.2 Å². The molecule has 0 radical (unpaired) electrons. The second kappa shape index (κ2) is 8.89. The Hall–Kier alpha value is -3.57. The average Bonchev–Trinajstić information content (AvgIpc) is 3.19. The molecule has 0 aliphatic carbocycles. The van der Waals surface area contributed by atoms with Crippen LogP contribution in [0.15, 0.2) is 12.1 Å². The molecule has 0 aliphatic rings. The summed E-state index contributed by atoms with van der Waals surface area (Å²) in [6.07, 6.45) is -4.78. The monoisotopic (exact) mass is 453 g/mol. The number of benzene rings is 1. The van der Waals surface area contributed by atoms with Crippen LogP contribution in [0.3, 0.4) is 0 Å². The number of ether oxygens (including phenoxy) is 3. The van der Waals surface area contributed by atoms with Gasteiger partial charge in [-0.25, -0.2) is 9.50 Å². The molecule has 0 aliphatic heterocycles. The van der Waals surface area contributed by atoms with E-state index in [1.807, 2.05) is 0 Å². The molecule has 0 atom stereocenters. The summed E-state index contributed by atoms with van der Waals surface area (Å²) in [5.41, 5.74) is 1.94. The molecule has 3 aromatic rings. The van der Waals surface area contributed by atoms with E-state index >= 15 is 0 Å². The van der Waals surface area contributed by atoms with Gasteiger partial charge in [-0.05, 0) is 31.5 Å². The Bertz CT molecular complexity index is 1140. The van der Waals surface area contributed by atoms with Crippen LogP contribution in [0, 0.1) is 13.8 Å². The van der Waals surface area contributed by atoms with E-state index in [1.54, 1.807) is 26.0 Å². The van der Waals surface area contributed by atoms with Crippen molar-refractivity contribution in [2.45, 2.75) is 33.0 Å². The minimum absolute atomic E-state index is 0.0910. The first-order chi connectivity index (χ1) is 15.1. The lowest BCUT2D eigenvalue weighted by Gasteiger charge is -2.15. The van der Waals surface area contributed by atoms with Crippen molar-refractivity contribution in [3.05, 3.63) is 40.5 Å². The number of aryl methyl sites for hydroxylation is 2. The van der Waals surface area contributed by atoms with E-state index in [1.165, 1.54) is 21.3 Å². The van der Waals surface area contributed by atoms with Gasteiger partial charge >= 0.3 is 6.18 Å². The van der Waals surface area contributed by atoms with Gasteiger partial charge in [-0.3, -0.25) is 4.79 Å². The standard InChI is InChI=1S/C20H22F3N5O4/c1-10-13(11(2)28-19(25-10)26-18(27-28)20(21,22)23)8-16(29)24-9-12-6-14(30-3)17(32-5)15(7-12)31-4/h6-7H,8-9H2,1-5H3,(H,24,29). The van der Waals surface area contributed by atoms with E-state index < -0.39 is 12.0 Å². The number of hydrogen-bond acceptors (Lipinski definition) is 7. The topological polar surface area (TPSA) is 99.9 Å². The lowest BCUT2D eigenvalue weighted by molar-refractivity contribution is -0.144. The summed E-state index contributed by atoms with van der Waals surface area (Å²) < 4.78 is 55.7. The second-order valence-electron chi connectivity index (χ2n) is 6.89. The first-order valence-electron chi connectivity index (χ1n) is 9.44. The molecule has 1 amide bonds. The van der Waals surface area contributed by atoms with Gasteiger partial charge in [0.2, 0.25) is 11.7 Å². The number of alkyl halides is 3. The molecule has 2 heterocycles. The maximum absolute atomic E-state index is 12.9.